The summed E-state index contributed by atoms with van der Waals surface area (Å²) in [6.07, 6.45) is 1.07. The molecule has 0 saturated heterocycles. The highest BCUT2D eigenvalue weighted by Crippen LogP contribution is 2.24. The molecule has 0 unspecified atom stereocenters. The van der Waals surface area contributed by atoms with Crippen molar-refractivity contribution in [3.05, 3.63) is 29.4 Å². The molecule has 96 valence electrons. The lowest BCUT2D eigenvalue weighted by Gasteiger charge is -2.08. The van der Waals surface area contributed by atoms with E-state index in [0.29, 0.717) is 12.4 Å². The van der Waals surface area contributed by atoms with Crippen LogP contribution in [0.15, 0.2) is 23.6 Å². The minimum Gasteiger partial charge on any atom is -0.377 e. The Morgan fingerprint density at radius 1 is 1.39 bits per heavy atom. The zero-order valence-electron chi connectivity index (χ0n) is 10.6. The number of ether oxygens (including phenoxy) is 1. The van der Waals surface area contributed by atoms with Crippen LogP contribution in [0.5, 0.6) is 0 Å². The Bertz CT molecular complexity index is 485. The van der Waals surface area contributed by atoms with Crippen molar-refractivity contribution < 1.29 is 4.74 Å². The summed E-state index contributed by atoms with van der Waals surface area (Å²) < 4.78 is 5.11. The number of rotatable bonds is 6. The number of anilines is 1. The number of nitrogens with one attached hydrogen (secondary N) is 1. The molecule has 2 aromatic heterocycles. The predicted molar refractivity (Wildman–Crippen MR) is 74.8 cm³/mol. The molecule has 18 heavy (non-hydrogen) atoms. The van der Waals surface area contributed by atoms with E-state index in [2.05, 4.69) is 28.3 Å². The maximum absolute atomic E-state index is 5.11. The fourth-order valence-electron chi connectivity index (χ4n) is 1.58. The quantitative estimate of drug-likeness (QED) is 0.869. The van der Waals surface area contributed by atoms with Crippen molar-refractivity contribution in [3.8, 4) is 10.6 Å². The summed E-state index contributed by atoms with van der Waals surface area (Å²) in [5.41, 5.74) is 0.950. The van der Waals surface area contributed by atoms with Crippen molar-refractivity contribution in [1.82, 2.24) is 9.97 Å². The van der Waals surface area contributed by atoms with E-state index in [1.54, 1.807) is 18.4 Å². The second kappa shape index (κ2) is 6.47. The third kappa shape index (κ3) is 3.27. The Morgan fingerprint density at radius 3 is 2.94 bits per heavy atom. The molecule has 0 bridgehead atoms. The number of hydrogen-bond acceptors (Lipinski definition) is 5. The summed E-state index contributed by atoms with van der Waals surface area (Å²) >= 11 is 1.68. The third-order valence-corrected chi connectivity index (χ3v) is 3.27. The summed E-state index contributed by atoms with van der Waals surface area (Å²) in [7, 11) is 1.65. The first-order chi connectivity index (χ1) is 8.83. The molecule has 2 heterocycles. The lowest BCUT2D eigenvalue weighted by Crippen LogP contribution is -2.06. The zero-order chi connectivity index (χ0) is 12.8. The zero-order valence-corrected chi connectivity index (χ0v) is 11.5. The fourth-order valence-corrected chi connectivity index (χ4v) is 2.27. The highest BCUT2D eigenvalue weighted by Gasteiger charge is 2.07. The number of methoxy groups -OCH3 is 1. The highest BCUT2D eigenvalue weighted by molar-refractivity contribution is 7.13. The highest BCUT2D eigenvalue weighted by atomic mass is 32.1. The summed E-state index contributed by atoms with van der Waals surface area (Å²) in [6.45, 7) is 3.47. The lowest BCUT2D eigenvalue weighted by atomic mass is 10.3. The first kappa shape index (κ1) is 13.0. The maximum atomic E-state index is 5.11. The number of aromatic nitrogens is 2. The molecule has 0 aromatic carbocycles. The molecule has 0 saturated carbocycles. The van der Waals surface area contributed by atoms with Gasteiger partial charge in [0.25, 0.3) is 0 Å². The van der Waals surface area contributed by atoms with Crippen LogP contribution in [-0.4, -0.2) is 23.6 Å². The number of hydrogen-bond donors (Lipinski definition) is 1. The molecule has 0 aliphatic carbocycles. The second-order valence-electron chi connectivity index (χ2n) is 3.89. The van der Waals surface area contributed by atoms with E-state index in [4.69, 9.17) is 4.74 Å². The Hall–Kier alpha value is -1.46. The topological polar surface area (TPSA) is 47.0 Å². The van der Waals surface area contributed by atoms with E-state index < -0.39 is 0 Å². The van der Waals surface area contributed by atoms with Crippen molar-refractivity contribution >= 4 is 17.2 Å². The molecular formula is C13H17N3OS. The van der Waals surface area contributed by atoms with Gasteiger partial charge in [-0.3, -0.25) is 0 Å². The average molecular weight is 263 g/mol. The Labute approximate surface area is 111 Å². The summed E-state index contributed by atoms with van der Waals surface area (Å²) in [5, 5.41) is 5.34. The Kier molecular flexibility index (Phi) is 4.66. The Balaban J connectivity index is 2.30. The Morgan fingerprint density at radius 2 is 2.28 bits per heavy atom. The fraction of sp³-hybridized carbons (Fsp3) is 0.385. The van der Waals surface area contributed by atoms with Gasteiger partial charge in [-0.1, -0.05) is 13.0 Å². The largest absolute Gasteiger partial charge is 0.377 e. The van der Waals surface area contributed by atoms with E-state index in [1.165, 1.54) is 0 Å². The van der Waals surface area contributed by atoms with Crippen LogP contribution in [-0.2, 0) is 11.3 Å². The van der Waals surface area contributed by atoms with Crippen LogP contribution < -0.4 is 5.32 Å². The van der Waals surface area contributed by atoms with Crippen LogP contribution in [0.25, 0.3) is 10.6 Å². The molecule has 2 aromatic rings. The van der Waals surface area contributed by atoms with E-state index in [0.717, 1.165) is 29.4 Å². The van der Waals surface area contributed by atoms with Crippen LogP contribution >= 0.6 is 11.3 Å². The van der Waals surface area contributed by atoms with Gasteiger partial charge in [0, 0.05) is 19.7 Å². The molecular weight excluding hydrogens is 246 g/mol. The van der Waals surface area contributed by atoms with E-state index in [-0.39, 0.29) is 0 Å². The summed E-state index contributed by atoms with van der Waals surface area (Å²) in [4.78, 5) is 10.1. The van der Waals surface area contributed by atoms with Crippen molar-refractivity contribution in [2.24, 2.45) is 0 Å². The molecule has 0 aliphatic heterocycles. The van der Waals surface area contributed by atoms with Crippen LogP contribution in [0, 0.1) is 0 Å². The molecule has 5 heteroatoms. The average Bonchev–Trinajstić information content (AvgIpc) is 2.90. The van der Waals surface area contributed by atoms with E-state index in [9.17, 15) is 0 Å². The van der Waals surface area contributed by atoms with Crippen molar-refractivity contribution in [1.29, 1.82) is 0 Å². The van der Waals surface area contributed by atoms with Crippen molar-refractivity contribution in [2.75, 3.05) is 19.0 Å². The number of nitrogens with zero attached hydrogens (tertiary/aromatic N) is 2. The third-order valence-electron chi connectivity index (χ3n) is 2.38. The van der Waals surface area contributed by atoms with E-state index in [1.807, 2.05) is 17.5 Å². The molecule has 0 radical (unpaired) electrons. The first-order valence-corrected chi connectivity index (χ1v) is 6.86. The number of thiophene rings is 1. The minimum atomic E-state index is 0.431. The van der Waals surface area contributed by atoms with Gasteiger partial charge in [-0.15, -0.1) is 11.3 Å². The minimum absolute atomic E-state index is 0.431. The molecule has 2 rings (SSSR count). The normalized spacial score (nSPS) is 10.6. The smallest absolute Gasteiger partial charge is 0.157 e. The van der Waals surface area contributed by atoms with Gasteiger partial charge in [-0.05, 0) is 17.9 Å². The van der Waals surface area contributed by atoms with Gasteiger partial charge in [0.2, 0.25) is 0 Å². The van der Waals surface area contributed by atoms with Crippen molar-refractivity contribution in [2.45, 2.75) is 20.0 Å². The molecule has 0 aliphatic rings. The van der Waals surface area contributed by atoms with Crippen molar-refractivity contribution in [3.63, 3.8) is 0 Å². The van der Waals surface area contributed by atoms with Crippen LogP contribution in [0.4, 0.5) is 5.82 Å². The van der Waals surface area contributed by atoms with Gasteiger partial charge >= 0.3 is 0 Å². The molecule has 0 fully saturated rings. The van der Waals surface area contributed by atoms with E-state index >= 15 is 0 Å². The summed E-state index contributed by atoms with van der Waals surface area (Å²) in [5.74, 6) is 1.57. The monoisotopic (exact) mass is 263 g/mol. The lowest BCUT2D eigenvalue weighted by molar-refractivity contribution is 0.178. The van der Waals surface area contributed by atoms with Crippen LogP contribution in [0.3, 0.4) is 0 Å². The standard InChI is InChI=1S/C13H17N3OS/c1-3-6-14-12-8-10(11-5-4-7-18-11)15-13(16-12)9-17-2/h4-5,7-8H,3,6,9H2,1-2H3,(H,14,15,16). The molecule has 0 spiro atoms. The molecule has 1 N–H and O–H groups in total. The molecule has 0 amide bonds. The molecule has 0 atom stereocenters. The SMILES string of the molecule is CCCNc1cc(-c2cccs2)nc(COC)n1. The van der Waals surface area contributed by atoms with Gasteiger partial charge in [-0.25, -0.2) is 9.97 Å². The second-order valence-corrected chi connectivity index (χ2v) is 4.84. The van der Waals surface area contributed by atoms with Gasteiger partial charge < -0.3 is 10.1 Å². The van der Waals surface area contributed by atoms with Crippen LogP contribution in [0.2, 0.25) is 0 Å². The maximum Gasteiger partial charge on any atom is 0.157 e. The van der Waals surface area contributed by atoms with Crippen LogP contribution in [0.1, 0.15) is 19.2 Å². The predicted octanol–water partition coefficient (Wildman–Crippen LogP) is 3.17. The van der Waals surface area contributed by atoms with Gasteiger partial charge in [-0.2, -0.15) is 0 Å². The van der Waals surface area contributed by atoms with Gasteiger partial charge in [0.15, 0.2) is 5.82 Å². The van der Waals surface area contributed by atoms with Gasteiger partial charge in [0.05, 0.1) is 10.6 Å². The van der Waals surface area contributed by atoms with Gasteiger partial charge in [0.1, 0.15) is 12.4 Å². The summed E-state index contributed by atoms with van der Waals surface area (Å²) in [6, 6.07) is 6.07. The molecule has 4 nitrogen and oxygen atoms in total. The first-order valence-electron chi connectivity index (χ1n) is 5.98.